The van der Waals surface area contributed by atoms with Gasteiger partial charge in [-0.25, -0.2) is 4.98 Å². The summed E-state index contributed by atoms with van der Waals surface area (Å²) in [6.07, 6.45) is 6.22. The van der Waals surface area contributed by atoms with Gasteiger partial charge in [0.15, 0.2) is 0 Å². The lowest BCUT2D eigenvalue weighted by Crippen LogP contribution is -2.28. The molecule has 0 radical (unpaired) electrons. The summed E-state index contributed by atoms with van der Waals surface area (Å²) in [7, 11) is 1.95. The smallest absolute Gasteiger partial charge is 0.307 e. The third-order valence-electron chi connectivity index (χ3n) is 3.13. The predicted octanol–water partition coefficient (Wildman–Crippen LogP) is 1.37. The van der Waals surface area contributed by atoms with Gasteiger partial charge in [-0.2, -0.15) is 0 Å². The maximum absolute atomic E-state index is 10.8. The van der Waals surface area contributed by atoms with Crippen LogP contribution in [0.5, 0.6) is 0 Å². The Hall–Kier alpha value is -1.36. The number of carbonyl (C=O) groups is 1. The van der Waals surface area contributed by atoms with E-state index in [1.165, 1.54) is 18.5 Å². The van der Waals surface area contributed by atoms with E-state index in [4.69, 9.17) is 5.11 Å². The largest absolute Gasteiger partial charge is 0.481 e. The van der Waals surface area contributed by atoms with Crippen LogP contribution in [-0.4, -0.2) is 39.1 Å². The van der Waals surface area contributed by atoms with Crippen molar-refractivity contribution < 1.29 is 9.90 Å². The Morgan fingerprint density at radius 1 is 1.71 bits per heavy atom. The summed E-state index contributed by atoms with van der Waals surface area (Å²) >= 11 is 0. The van der Waals surface area contributed by atoms with E-state index < -0.39 is 5.97 Å². The normalized spacial score (nSPS) is 17.4. The first-order chi connectivity index (χ1) is 8.08. The number of rotatable bonds is 6. The number of imidazole rings is 1. The Labute approximate surface area is 101 Å². The first-order valence-corrected chi connectivity index (χ1v) is 6.00. The molecule has 1 fully saturated rings. The highest BCUT2D eigenvalue weighted by Gasteiger charge is 2.25. The monoisotopic (exact) mass is 237 g/mol. The molecule has 0 amide bonds. The Morgan fingerprint density at radius 3 is 3.00 bits per heavy atom. The number of hydrogen-bond donors (Lipinski definition) is 1. The Kier molecular flexibility index (Phi) is 3.47. The van der Waals surface area contributed by atoms with Crippen LogP contribution in [0.25, 0.3) is 0 Å². The van der Waals surface area contributed by atoms with E-state index in [2.05, 4.69) is 9.55 Å². The van der Waals surface area contributed by atoms with Crippen molar-refractivity contribution in [2.24, 2.45) is 5.92 Å². The van der Waals surface area contributed by atoms with Crippen LogP contribution in [0.15, 0.2) is 12.5 Å². The average Bonchev–Trinajstić information content (AvgIpc) is 3.00. The van der Waals surface area contributed by atoms with Gasteiger partial charge in [0.2, 0.25) is 0 Å². The molecule has 17 heavy (non-hydrogen) atoms. The van der Waals surface area contributed by atoms with E-state index in [0.717, 1.165) is 6.54 Å². The van der Waals surface area contributed by atoms with E-state index >= 15 is 0 Å². The average molecular weight is 237 g/mol. The molecule has 1 aliphatic carbocycles. The minimum Gasteiger partial charge on any atom is -0.481 e. The van der Waals surface area contributed by atoms with E-state index in [0.29, 0.717) is 12.6 Å². The Morgan fingerprint density at radius 2 is 2.41 bits per heavy atom. The zero-order valence-electron chi connectivity index (χ0n) is 10.3. The molecule has 2 rings (SSSR count). The van der Waals surface area contributed by atoms with Crippen LogP contribution in [0, 0.1) is 5.92 Å². The lowest BCUT2D eigenvalue weighted by atomic mass is 10.2. The lowest BCUT2D eigenvalue weighted by molar-refractivity contribution is -0.141. The van der Waals surface area contributed by atoms with Crippen molar-refractivity contribution in [1.82, 2.24) is 14.5 Å². The molecule has 0 aliphatic heterocycles. The van der Waals surface area contributed by atoms with Gasteiger partial charge in [0.1, 0.15) is 0 Å². The third kappa shape index (κ3) is 3.06. The second kappa shape index (κ2) is 4.87. The number of carboxylic acids is 1. The maximum Gasteiger partial charge on any atom is 0.307 e. The number of carboxylic acid groups (broad SMARTS) is 1. The molecule has 1 saturated carbocycles. The standard InChI is InChI=1S/C12H19N3O2/c1-9(12(16)17)6-14(2)7-11-5-13-8-15(11)10-3-4-10/h5,8-10H,3-4,6-7H2,1-2H3,(H,16,17). The molecule has 0 saturated heterocycles. The molecule has 1 atom stereocenters. The zero-order chi connectivity index (χ0) is 12.4. The summed E-state index contributed by atoms with van der Waals surface area (Å²) in [5.41, 5.74) is 1.17. The third-order valence-corrected chi connectivity index (χ3v) is 3.13. The molecule has 94 valence electrons. The quantitative estimate of drug-likeness (QED) is 0.812. The summed E-state index contributed by atoms with van der Waals surface area (Å²) in [4.78, 5) is 17.0. The summed E-state index contributed by atoms with van der Waals surface area (Å²) in [5, 5.41) is 8.87. The molecule has 5 nitrogen and oxygen atoms in total. The first kappa shape index (κ1) is 12.1. The summed E-state index contributed by atoms with van der Waals surface area (Å²) in [5.74, 6) is -1.08. The van der Waals surface area contributed by atoms with Gasteiger partial charge in [0.05, 0.1) is 17.9 Å². The van der Waals surface area contributed by atoms with Crippen LogP contribution >= 0.6 is 0 Å². The van der Waals surface area contributed by atoms with Gasteiger partial charge in [0.25, 0.3) is 0 Å². The van der Waals surface area contributed by atoms with E-state index in [1.54, 1.807) is 6.92 Å². The maximum atomic E-state index is 10.8. The summed E-state index contributed by atoms with van der Waals surface area (Å²) in [6, 6.07) is 0.623. The van der Waals surface area contributed by atoms with E-state index in [9.17, 15) is 4.79 Å². The van der Waals surface area contributed by atoms with Crippen LogP contribution in [0.4, 0.5) is 0 Å². The molecule has 1 heterocycles. The highest BCUT2D eigenvalue weighted by atomic mass is 16.4. The van der Waals surface area contributed by atoms with Gasteiger partial charge >= 0.3 is 5.97 Å². The predicted molar refractivity (Wildman–Crippen MR) is 63.6 cm³/mol. The number of nitrogens with zero attached hydrogens (tertiary/aromatic N) is 3. The summed E-state index contributed by atoms with van der Waals surface area (Å²) < 4.78 is 2.21. The van der Waals surface area contributed by atoms with Crippen LogP contribution in [-0.2, 0) is 11.3 Å². The van der Waals surface area contributed by atoms with Crippen molar-refractivity contribution in [3.63, 3.8) is 0 Å². The number of hydrogen-bond acceptors (Lipinski definition) is 3. The molecule has 1 aromatic rings. The molecule has 1 aliphatic rings. The van der Waals surface area contributed by atoms with Gasteiger partial charge in [-0.15, -0.1) is 0 Å². The highest BCUT2D eigenvalue weighted by Crippen LogP contribution is 2.35. The van der Waals surface area contributed by atoms with Crippen molar-refractivity contribution in [3.05, 3.63) is 18.2 Å². The van der Waals surface area contributed by atoms with Crippen LogP contribution in [0.1, 0.15) is 31.5 Å². The molecule has 1 unspecified atom stereocenters. The fourth-order valence-corrected chi connectivity index (χ4v) is 2.02. The molecule has 0 aromatic carbocycles. The van der Waals surface area contributed by atoms with Gasteiger partial charge in [0, 0.05) is 25.3 Å². The molecule has 0 bridgehead atoms. The Bertz CT molecular complexity index is 398. The minimum absolute atomic E-state index is 0.336. The van der Waals surface area contributed by atoms with Crippen molar-refractivity contribution in [2.45, 2.75) is 32.4 Å². The van der Waals surface area contributed by atoms with Crippen molar-refractivity contribution in [3.8, 4) is 0 Å². The second-order valence-electron chi connectivity index (χ2n) is 4.96. The molecule has 0 spiro atoms. The molecular weight excluding hydrogens is 218 g/mol. The molecule has 1 N–H and O–H groups in total. The van der Waals surface area contributed by atoms with Gasteiger partial charge in [-0.05, 0) is 19.9 Å². The fraction of sp³-hybridized carbons (Fsp3) is 0.667. The van der Waals surface area contributed by atoms with Crippen LogP contribution in [0.3, 0.4) is 0 Å². The fourth-order valence-electron chi connectivity index (χ4n) is 2.02. The number of aliphatic carboxylic acids is 1. The second-order valence-corrected chi connectivity index (χ2v) is 4.96. The summed E-state index contributed by atoms with van der Waals surface area (Å²) in [6.45, 7) is 3.05. The number of aromatic nitrogens is 2. The van der Waals surface area contributed by atoms with Crippen LogP contribution < -0.4 is 0 Å². The van der Waals surface area contributed by atoms with Gasteiger partial charge in [-0.1, -0.05) is 6.92 Å². The minimum atomic E-state index is -0.743. The van der Waals surface area contributed by atoms with E-state index in [-0.39, 0.29) is 5.92 Å². The topological polar surface area (TPSA) is 58.4 Å². The van der Waals surface area contributed by atoms with Crippen molar-refractivity contribution >= 4 is 5.97 Å². The zero-order valence-corrected chi connectivity index (χ0v) is 10.3. The van der Waals surface area contributed by atoms with E-state index in [1.807, 2.05) is 24.5 Å². The molecule has 1 aromatic heterocycles. The highest BCUT2D eigenvalue weighted by molar-refractivity contribution is 5.69. The molecule has 5 heteroatoms. The van der Waals surface area contributed by atoms with Gasteiger partial charge < -0.3 is 9.67 Å². The Balaban J connectivity index is 1.91. The molecular formula is C12H19N3O2. The lowest BCUT2D eigenvalue weighted by Gasteiger charge is -2.19. The SMILES string of the molecule is CC(CN(C)Cc1cncn1C1CC1)C(=O)O. The van der Waals surface area contributed by atoms with Crippen molar-refractivity contribution in [2.75, 3.05) is 13.6 Å². The van der Waals surface area contributed by atoms with Gasteiger partial charge in [-0.3, -0.25) is 9.69 Å². The van der Waals surface area contributed by atoms with Crippen LogP contribution in [0.2, 0.25) is 0 Å². The first-order valence-electron chi connectivity index (χ1n) is 6.00. The van der Waals surface area contributed by atoms with Crippen molar-refractivity contribution in [1.29, 1.82) is 0 Å².